The van der Waals surface area contributed by atoms with Gasteiger partial charge in [-0.25, -0.2) is 0 Å². The molecule has 3 aromatic rings. The number of benzene rings is 2. The van der Waals surface area contributed by atoms with Gasteiger partial charge < -0.3 is 18.9 Å². The molecule has 9 heteroatoms. The fraction of sp³-hybridized carbons (Fsp3) is 0.375. The second-order valence-corrected chi connectivity index (χ2v) is 8.27. The average Bonchev–Trinajstić information content (AvgIpc) is 3.31. The van der Waals surface area contributed by atoms with Crippen LogP contribution in [0.5, 0.6) is 11.5 Å². The lowest BCUT2D eigenvalue weighted by atomic mass is 10.1. The Morgan fingerprint density at radius 3 is 2.27 bits per heavy atom. The van der Waals surface area contributed by atoms with Crippen LogP contribution in [0.3, 0.4) is 0 Å². The normalized spacial score (nSPS) is 15.8. The molecule has 0 unspecified atom stereocenters. The smallest absolute Gasteiger partial charge is 0.317 e. The van der Waals surface area contributed by atoms with E-state index in [1.54, 1.807) is 17.0 Å². The van der Waals surface area contributed by atoms with Crippen molar-refractivity contribution in [1.29, 1.82) is 0 Å². The number of rotatable bonds is 5. The minimum atomic E-state index is -0.662. The van der Waals surface area contributed by atoms with Crippen molar-refractivity contribution >= 4 is 16.9 Å². The molecule has 0 saturated carbocycles. The number of nitrogens with zero attached hydrogens (tertiary/aromatic N) is 4. The van der Waals surface area contributed by atoms with Gasteiger partial charge in [0.1, 0.15) is 6.54 Å². The Labute approximate surface area is 190 Å². The highest BCUT2D eigenvalue weighted by atomic mass is 16.7. The molecule has 2 aromatic carbocycles. The molecular weight excluding hydrogens is 424 g/mol. The summed E-state index contributed by atoms with van der Waals surface area (Å²) >= 11 is 0. The third kappa shape index (κ3) is 4.00. The summed E-state index contributed by atoms with van der Waals surface area (Å²) in [4.78, 5) is 42.4. The fourth-order valence-corrected chi connectivity index (χ4v) is 4.53. The highest BCUT2D eigenvalue weighted by Gasteiger charge is 2.23. The number of ether oxygens (including phenoxy) is 2. The molecule has 5 rings (SSSR count). The van der Waals surface area contributed by atoms with Gasteiger partial charge in [-0.3, -0.25) is 23.9 Å². The molecule has 1 amide bonds. The minimum Gasteiger partial charge on any atom is -0.454 e. The summed E-state index contributed by atoms with van der Waals surface area (Å²) in [6.45, 7) is 5.70. The van der Waals surface area contributed by atoms with Crippen LogP contribution in [0, 0.1) is 0 Å². The summed E-state index contributed by atoms with van der Waals surface area (Å²) in [6, 6.07) is 13.2. The van der Waals surface area contributed by atoms with Gasteiger partial charge in [-0.15, -0.1) is 0 Å². The lowest BCUT2D eigenvalue weighted by molar-refractivity contribution is -0.133. The van der Waals surface area contributed by atoms with Crippen molar-refractivity contribution in [2.24, 2.45) is 0 Å². The molecule has 0 radical (unpaired) electrons. The number of amides is 1. The third-order valence-electron chi connectivity index (χ3n) is 6.31. The molecule has 0 atom stereocenters. The maximum Gasteiger partial charge on any atom is 0.317 e. The number of hydrogen-bond donors (Lipinski definition) is 0. The van der Waals surface area contributed by atoms with Crippen molar-refractivity contribution in [2.75, 3.05) is 33.0 Å². The lowest BCUT2D eigenvalue weighted by Gasteiger charge is -2.35. The van der Waals surface area contributed by atoms with Gasteiger partial charge in [0.05, 0.1) is 11.0 Å². The monoisotopic (exact) mass is 450 g/mol. The van der Waals surface area contributed by atoms with Crippen LogP contribution in [0.2, 0.25) is 0 Å². The molecule has 1 saturated heterocycles. The zero-order valence-electron chi connectivity index (χ0n) is 18.5. The van der Waals surface area contributed by atoms with E-state index in [9.17, 15) is 14.4 Å². The average molecular weight is 450 g/mol. The maximum absolute atomic E-state index is 13.0. The Morgan fingerprint density at radius 2 is 1.55 bits per heavy atom. The molecule has 172 valence electrons. The number of hydrogen-bond acceptors (Lipinski definition) is 6. The van der Waals surface area contributed by atoms with E-state index in [-0.39, 0.29) is 19.2 Å². The maximum atomic E-state index is 13.0. The van der Waals surface area contributed by atoms with E-state index >= 15 is 0 Å². The van der Waals surface area contributed by atoms with Crippen LogP contribution in [0.4, 0.5) is 0 Å². The SMILES string of the molecule is CCn1c(=O)c(=O)n(CC(=O)N2CCN(Cc3ccc4c(c3)OCO4)CC2)c2ccccc21. The topological polar surface area (TPSA) is 86.0 Å². The molecule has 0 spiro atoms. The minimum absolute atomic E-state index is 0.138. The Kier molecular flexibility index (Phi) is 5.63. The van der Waals surface area contributed by atoms with Crippen LogP contribution in [-0.4, -0.2) is 57.8 Å². The number of aromatic nitrogens is 2. The molecule has 33 heavy (non-hydrogen) atoms. The first kappa shape index (κ1) is 21.3. The number of para-hydroxylation sites is 2. The van der Waals surface area contributed by atoms with Crippen molar-refractivity contribution in [3.63, 3.8) is 0 Å². The molecule has 2 aliphatic rings. The number of carbonyl (C=O) groups excluding carboxylic acids is 1. The summed E-state index contributed by atoms with van der Waals surface area (Å²) in [5.74, 6) is 1.38. The summed E-state index contributed by atoms with van der Waals surface area (Å²) in [7, 11) is 0. The summed E-state index contributed by atoms with van der Waals surface area (Å²) in [6.07, 6.45) is 0. The molecule has 9 nitrogen and oxygen atoms in total. The quantitative estimate of drug-likeness (QED) is 0.544. The van der Waals surface area contributed by atoms with E-state index in [1.165, 1.54) is 9.13 Å². The van der Waals surface area contributed by atoms with Gasteiger partial charge in [-0.05, 0) is 36.8 Å². The predicted molar refractivity (Wildman–Crippen MR) is 123 cm³/mol. The second-order valence-electron chi connectivity index (χ2n) is 8.27. The largest absolute Gasteiger partial charge is 0.454 e. The van der Waals surface area contributed by atoms with Crippen LogP contribution in [0.25, 0.3) is 11.0 Å². The van der Waals surface area contributed by atoms with Gasteiger partial charge in [0, 0.05) is 39.3 Å². The molecule has 1 fully saturated rings. The van der Waals surface area contributed by atoms with E-state index in [1.807, 2.05) is 37.3 Å². The highest BCUT2D eigenvalue weighted by molar-refractivity contribution is 5.80. The molecule has 2 aliphatic heterocycles. The van der Waals surface area contributed by atoms with Crippen molar-refractivity contribution < 1.29 is 14.3 Å². The Morgan fingerprint density at radius 1 is 0.879 bits per heavy atom. The van der Waals surface area contributed by atoms with Crippen LogP contribution in [-0.2, 0) is 24.4 Å². The van der Waals surface area contributed by atoms with Gasteiger partial charge in [0.25, 0.3) is 0 Å². The van der Waals surface area contributed by atoms with Gasteiger partial charge >= 0.3 is 11.1 Å². The Hall–Kier alpha value is -3.59. The zero-order chi connectivity index (χ0) is 22.9. The van der Waals surface area contributed by atoms with Gasteiger partial charge in [-0.1, -0.05) is 18.2 Å². The summed E-state index contributed by atoms with van der Waals surface area (Å²) in [5.41, 5.74) is 1.13. The van der Waals surface area contributed by atoms with E-state index in [0.717, 1.165) is 36.7 Å². The molecular formula is C24H26N4O5. The number of carbonyl (C=O) groups is 1. The van der Waals surface area contributed by atoms with Crippen molar-refractivity contribution in [3.8, 4) is 11.5 Å². The zero-order valence-corrected chi connectivity index (χ0v) is 18.5. The molecule has 0 N–H and O–H groups in total. The van der Waals surface area contributed by atoms with E-state index in [4.69, 9.17) is 9.47 Å². The Balaban J connectivity index is 1.27. The lowest BCUT2D eigenvalue weighted by Crippen LogP contribution is -2.50. The van der Waals surface area contributed by atoms with Crippen LogP contribution in [0.1, 0.15) is 12.5 Å². The van der Waals surface area contributed by atoms with Crippen LogP contribution in [0.15, 0.2) is 52.1 Å². The van der Waals surface area contributed by atoms with E-state index < -0.39 is 11.1 Å². The van der Waals surface area contributed by atoms with Crippen molar-refractivity contribution in [3.05, 3.63) is 68.7 Å². The first-order valence-electron chi connectivity index (χ1n) is 11.2. The molecule has 1 aromatic heterocycles. The summed E-state index contributed by atoms with van der Waals surface area (Å²) < 4.78 is 13.6. The number of fused-ring (bicyclic) bond motifs is 2. The standard InChI is InChI=1S/C24H26N4O5/c1-2-27-18-5-3-4-6-19(18)28(24(31)23(27)30)15-22(29)26-11-9-25(10-12-26)14-17-7-8-20-21(13-17)33-16-32-20/h3-8,13H,2,9-12,14-16H2,1H3. The molecule has 0 aliphatic carbocycles. The van der Waals surface area contributed by atoms with Gasteiger partial charge in [0.15, 0.2) is 11.5 Å². The molecule has 0 bridgehead atoms. The highest BCUT2D eigenvalue weighted by Crippen LogP contribution is 2.32. The number of piperazine rings is 1. The second kappa shape index (κ2) is 8.74. The first-order valence-corrected chi connectivity index (χ1v) is 11.2. The number of aryl methyl sites for hydroxylation is 1. The van der Waals surface area contributed by atoms with Gasteiger partial charge in [-0.2, -0.15) is 0 Å². The van der Waals surface area contributed by atoms with Crippen molar-refractivity contribution in [2.45, 2.75) is 26.6 Å². The third-order valence-corrected chi connectivity index (χ3v) is 6.31. The molecule has 3 heterocycles. The van der Waals surface area contributed by atoms with E-state index in [2.05, 4.69) is 4.90 Å². The summed E-state index contributed by atoms with van der Waals surface area (Å²) in [5, 5.41) is 0. The Bertz CT molecular complexity index is 1320. The fourth-order valence-electron chi connectivity index (χ4n) is 4.53. The van der Waals surface area contributed by atoms with Gasteiger partial charge in [0.2, 0.25) is 12.7 Å². The van der Waals surface area contributed by atoms with E-state index in [0.29, 0.717) is 30.7 Å². The van der Waals surface area contributed by atoms with Crippen LogP contribution < -0.4 is 20.6 Å². The van der Waals surface area contributed by atoms with Crippen LogP contribution >= 0.6 is 0 Å². The van der Waals surface area contributed by atoms with Crippen molar-refractivity contribution in [1.82, 2.24) is 18.9 Å². The first-order chi connectivity index (χ1) is 16.0. The predicted octanol–water partition coefficient (Wildman–Crippen LogP) is 1.26.